The van der Waals surface area contributed by atoms with E-state index in [1.807, 2.05) is 30.0 Å². The normalized spacial score (nSPS) is 22.0. The van der Waals surface area contributed by atoms with Gasteiger partial charge >= 0.3 is 0 Å². The molecule has 1 amide bonds. The molecule has 5 rings (SSSR count). The van der Waals surface area contributed by atoms with E-state index in [-0.39, 0.29) is 24.3 Å². The van der Waals surface area contributed by atoms with Gasteiger partial charge in [0.15, 0.2) is 11.5 Å². The molecule has 0 saturated heterocycles. The second kappa shape index (κ2) is 8.48. The van der Waals surface area contributed by atoms with Gasteiger partial charge in [-0.25, -0.2) is 4.98 Å². The Kier molecular flexibility index (Phi) is 5.64. The first-order chi connectivity index (χ1) is 15.8. The molecule has 1 aliphatic carbocycles. The Morgan fingerprint density at radius 3 is 2.85 bits per heavy atom. The molecule has 2 aliphatic rings. The van der Waals surface area contributed by atoms with E-state index >= 15 is 0 Å². The fraction of sp³-hybridized carbons (Fsp3) is 0.480. The van der Waals surface area contributed by atoms with Crippen molar-refractivity contribution in [2.75, 3.05) is 6.79 Å². The molecule has 8 heteroatoms. The topological polar surface area (TPSA) is 73.7 Å². The van der Waals surface area contributed by atoms with Gasteiger partial charge in [-0.3, -0.25) is 9.59 Å². The van der Waals surface area contributed by atoms with Crippen LogP contribution in [0, 0.1) is 18.8 Å². The van der Waals surface area contributed by atoms with Crippen molar-refractivity contribution in [1.82, 2.24) is 14.5 Å². The molecule has 33 heavy (non-hydrogen) atoms. The predicted molar refractivity (Wildman–Crippen MR) is 128 cm³/mol. The summed E-state index contributed by atoms with van der Waals surface area (Å²) in [5.74, 6) is 2.36. The molecule has 1 aliphatic heterocycles. The van der Waals surface area contributed by atoms with Crippen LogP contribution in [0.3, 0.4) is 0 Å². The second-order valence-electron chi connectivity index (χ2n) is 9.35. The summed E-state index contributed by atoms with van der Waals surface area (Å²) < 4.78 is 12.5. The molecule has 0 spiro atoms. The molecule has 7 nitrogen and oxygen atoms in total. The summed E-state index contributed by atoms with van der Waals surface area (Å²) >= 11 is 1.32. The second-order valence-corrected chi connectivity index (χ2v) is 10.4. The molecule has 3 atom stereocenters. The third-order valence-corrected chi connectivity index (χ3v) is 8.51. The van der Waals surface area contributed by atoms with Gasteiger partial charge in [-0.1, -0.05) is 32.8 Å². The highest BCUT2D eigenvalue weighted by Crippen LogP contribution is 2.38. The van der Waals surface area contributed by atoms with Crippen LogP contribution in [-0.2, 0) is 13.6 Å². The third-order valence-electron chi connectivity index (χ3n) is 7.32. The predicted octanol–water partition coefficient (Wildman–Crippen LogP) is 4.50. The van der Waals surface area contributed by atoms with E-state index in [1.165, 1.54) is 28.7 Å². The number of benzene rings is 1. The maximum atomic E-state index is 14.1. The van der Waals surface area contributed by atoms with E-state index in [0.29, 0.717) is 33.5 Å². The lowest BCUT2D eigenvalue weighted by molar-refractivity contribution is 0.0453. The van der Waals surface area contributed by atoms with E-state index in [1.54, 1.807) is 7.05 Å². The molecular weight excluding hydrogens is 438 g/mol. The molecule has 0 N–H and O–H groups in total. The van der Waals surface area contributed by atoms with Gasteiger partial charge in [0.1, 0.15) is 4.83 Å². The lowest BCUT2D eigenvalue weighted by Gasteiger charge is -2.41. The summed E-state index contributed by atoms with van der Waals surface area (Å²) in [6.07, 6.45) is 4.79. The van der Waals surface area contributed by atoms with Crippen molar-refractivity contribution in [3.05, 3.63) is 50.9 Å². The number of amides is 1. The van der Waals surface area contributed by atoms with Crippen LogP contribution in [0.25, 0.3) is 10.2 Å². The molecule has 174 valence electrons. The van der Waals surface area contributed by atoms with Crippen LogP contribution in [-0.4, -0.2) is 33.2 Å². The molecule has 1 aromatic carbocycles. The molecule has 0 radical (unpaired) electrons. The molecular formula is C25H29N3O4S. The first-order valence-corrected chi connectivity index (χ1v) is 12.3. The smallest absolute Gasteiger partial charge is 0.264 e. The number of ether oxygens (including phenoxy) is 2. The van der Waals surface area contributed by atoms with Crippen LogP contribution in [0.1, 0.15) is 53.9 Å². The lowest BCUT2D eigenvalue weighted by atomic mass is 9.77. The molecule has 3 heterocycles. The van der Waals surface area contributed by atoms with E-state index in [0.717, 1.165) is 35.5 Å². The summed E-state index contributed by atoms with van der Waals surface area (Å²) in [6, 6.07) is 6.01. The van der Waals surface area contributed by atoms with Crippen LogP contribution < -0.4 is 15.0 Å². The number of fused-ring (bicyclic) bond motifs is 2. The fourth-order valence-corrected chi connectivity index (χ4v) is 6.21. The summed E-state index contributed by atoms with van der Waals surface area (Å²) in [6.45, 7) is 7.10. The van der Waals surface area contributed by atoms with Crippen molar-refractivity contribution in [2.45, 2.75) is 52.6 Å². The molecule has 0 bridgehead atoms. The van der Waals surface area contributed by atoms with Gasteiger partial charge < -0.3 is 18.9 Å². The zero-order valence-corrected chi connectivity index (χ0v) is 20.3. The third kappa shape index (κ3) is 3.80. The van der Waals surface area contributed by atoms with Gasteiger partial charge in [-0.05, 0) is 48.4 Å². The van der Waals surface area contributed by atoms with Crippen LogP contribution in [0.4, 0.5) is 0 Å². The van der Waals surface area contributed by atoms with Gasteiger partial charge in [0.25, 0.3) is 11.5 Å². The first kappa shape index (κ1) is 21.9. The minimum Gasteiger partial charge on any atom is -0.454 e. The number of thiophene rings is 1. The van der Waals surface area contributed by atoms with Gasteiger partial charge in [0, 0.05) is 19.6 Å². The monoisotopic (exact) mass is 467 g/mol. The van der Waals surface area contributed by atoms with E-state index in [9.17, 15) is 9.59 Å². The quantitative estimate of drug-likeness (QED) is 0.565. The molecule has 1 fully saturated rings. The molecule has 1 saturated carbocycles. The van der Waals surface area contributed by atoms with E-state index in [2.05, 4.69) is 18.8 Å². The van der Waals surface area contributed by atoms with Crippen LogP contribution >= 0.6 is 11.3 Å². The van der Waals surface area contributed by atoms with Gasteiger partial charge in [0.2, 0.25) is 6.79 Å². The Morgan fingerprint density at radius 1 is 1.24 bits per heavy atom. The van der Waals surface area contributed by atoms with Crippen LogP contribution in [0.15, 0.2) is 29.3 Å². The van der Waals surface area contributed by atoms with Crippen LogP contribution in [0.2, 0.25) is 0 Å². The lowest BCUT2D eigenvalue weighted by Crippen LogP contribution is -2.46. The average Bonchev–Trinajstić information content (AvgIpc) is 3.40. The minimum atomic E-state index is -0.116. The number of hydrogen-bond donors (Lipinski definition) is 0. The van der Waals surface area contributed by atoms with E-state index < -0.39 is 0 Å². The Morgan fingerprint density at radius 2 is 2.03 bits per heavy atom. The number of aromatic nitrogens is 2. The van der Waals surface area contributed by atoms with Gasteiger partial charge in [-0.15, -0.1) is 11.3 Å². The number of aryl methyl sites for hydroxylation is 2. The zero-order chi connectivity index (χ0) is 23.3. The maximum Gasteiger partial charge on any atom is 0.264 e. The van der Waals surface area contributed by atoms with Crippen molar-refractivity contribution in [3.8, 4) is 11.5 Å². The number of rotatable bonds is 4. The summed E-state index contributed by atoms with van der Waals surface area (Å²) in [5, 5.41) is 0.543. The van der Waals surface area contributed by atoms with Crippen molar-refractivity contribution < 1.29 is 14.3 Å². The highest BCUT2D eigenvalue weighted by atomic mass is 32.1. The largest absolute Gasteiger partial charge is 0.454 e. The number of nitrogens with zero attached hydrogens (tertiary/aromatic N) is 3. The molecule has 2 aromatic heterocycles. The molecule has 3 unspecified atom stereocenters. The summed E-state index contributed by atoms with van der Waals surface area (Å²) in [5.41, 5.74) is 1.61. The SMILES string of the molecule is Cc1c(C(=O)N(Cc2ccc3c(c2)OCO3)C2CCCC(C)C2C)sc2ncn(C)c(=O)c12. The zero-order valence-electron chi connectivity index (χ0n) is 19.5. The van der Waals surface area contributed by atoms with Crippen molar-refractivity contribution in [3.63, 3.8) is 0 Å². The number of carbonyl (C=O) groups excluding carboxylic acids is 1. The maximum absolute atomic E-state index is 14.1. The number of hydrogen-bond acceptors (Lipinski definition) is 6. The highest BCUT2D eigenvalue weighted by Gasteiger charge is 2.36. The van der Waals surface area contributed by atoms with Gasteiger partial charge in [0.05, 0.1) is 16.6 Å². The minimum absolute atomic E-state index is 0.0267. The van der Waals surface area contributed by atoms with Crippen LogP contribution in [0.5, 0.6) is 11.5 Å². The van der Waals surface area contributed by atoms with Crippen molar-refractivity contribution in [2.24, 2.45) is 18.9 Å². The standard InChI is InChI=1S/C25H29N3O4S/c1-14-6-5-7-18(15(14)2)28(11-17-8-9-19-20(10-17)32-13-31-19)25(30)22-16(3)21-23(33-22)26-12-27(4)24(21)29/h8-10,12,14-15,18H,5-7,11,13H2,1-4H3. The Hall–Kier alpha value is -2.87. The Bertz CT molecular complexity index is 1280. The number of carbonyl (C=O) groups is 1. The first-order valence-electron chi connectivity index (χ1n) is 11.5. The highest BCUT2D eigenvalue weighted by molar-refractivity contribution is 7.20. The fourth-order valence-electron chi connectivity index (χ4n) is 5.11. The van der Waals surface area contributed by atoms with E-state index in [4.69, 9.17) is 9.47 Å². The summed E-state index contributed by atoms with van der Waals surface area (Å²) in [7, 11) is 1.68. The summed E-state index contributed by atoms with van der Waals surface area (Å²) in [4.78, 5) is 34.4. The Balaban J connectivity index is 1.56. The average molecular weight is 468 g/mol. The Labute approximate surface area is 197 Å². The van der Waals surface area contributed by atoms with Crippen molar-refractivity contribution in [1.29, 1.82) is 0 Å². The molecule has 3 aromatic rings. The van der Waals surface area contributed by atoms with Crippen molar-refractivity contribution >= 4 is 27.5 Å². The van der Waals surface area contributed by atoms with Gasteiger partial charge in [-0.2, -0.15) is 0 Å².